The molecule has 6 nitrogen and oxygen atoms in total. The van der Waals surface area contributed by atoms with Crippen LogP contribution in [0, 0.1) is 13.8 Å². The summed E-state index contributed by atoms with van der Waals surface area (Å²) in [5.41, 5.74) is 3.30. The monoisotopic (exact) mass is 365 g/mol. The number of hydrogen-bond donors (Lipinski definition) is 3. The van der Waals surface area contributed by atoms with E-state index in [0.29, 0.717) is 23.5 Å². The average Bonchev–Trinajstić information content (AvgIpc) is 2.60. The molecule has 1 aromatic heterocycles. The second kappa shape index (κ2) is 7.95. The van der Waals surface area contributed by atoms with Crippen molar-refractivity contribution in [1.82, 2.24) is 0 Å². The second-order valence-corrected chi connectivity index (χ2v) is 6.52. The van der Waals surface area contributed by atoms with E-state index in [1.807, 2.05) is 51.1 Å². The highest BCUT2D eigenvalue weighted by Gasteiger charge is 2.16. The second-order valence-electron chi connectivity index (χ2n) is 6.52. The van der Waals surface area contributed by atoms with E-state index in [4.69, 9.17) is 4.42 Å². The minimum Gasteiger partial charge on any atom is -0.421 e. The highest BCUT2D eigenvalue weighted by Crippen LogP contribution is 2.28. The lowest BCUT2D eigenvalue weighted by molar-refractivity contribution is 0.262. The molecule has 0 saturated heterocycles. The van der Waals surface area contributed by atoms with Crippen LogP contribution < -0.4 is 21.6 Å². The van der Waals surface area contributed by atoms with Crippen LogP contribution >= 0.6 is 0 Å². The number of urea groups is 1. The molecule has 27 heavy (non-hydrogen) atoms. The van der Waals surface area contributed by atoms with Crippen molar-refractivity contribution in [2.24, 2.45) is 0 Å². The molecule has 3 rings (SSSR count). The first-order valence-electron chi connectivity index (χ1n) is 8.94. The number of para-hydroxylation sites is 1. The molecular weight excluding hydrogens is 342 g/mol. The maximum Gasteiger partial charge on any atom is 0.362 e. The Balaban J connectivity index is 1.94. The van der Waals surface area contributed by atoms with Crippen LogP contribution in [0.3, 0.4) is 0 Å². The van der Waals surface area contributed by atoms with Crippen LogP contribution in [0.4, 0.5) is 21.9 Å². The van der Waals surface area contributed by atoms with Gasteiger partial charge in [-0.25, -0.2) is 9.59 Å². The summed E-state index contributed by atoms with van der Waals surface area (Å²) in [6.45, 7) is 6.61. The standard InChI is InChI=1S/C21H23N3O3/c1-4-9-22-18-16-7-5-6-8-17(16)27-20(25)19(18)24-21(26)23-15-11-13(2)10-14(3)12-15/h5-8,10-12,22H,4,9H2,1-3H3,(H2,23,24,26). The highest BCUT2D eigenvalue weighted by molar-refractivity contribution is 6.05. The number of rotatable bonds is 5. The van der Waals surface area contributed by atoms with Crippen molar-refractivity contribution in [2.75, 3.05) is 22.5 Å². The zero-order valence-corrected chi connectivity index (χ0v) is 15.7. The van der Waals surface area contributed by atoms with Gasteiger partial charge in [-0.1, -0.05) is 25.1 Å². The van der Waals surface area contributed by atoms with Gasteiger partial charge in [-0.05, 0) is 55.7 Å². The Bertz CT molecular complexity index is 1020. The molecule has 0 aliphatic rings. The summed E-state index contributed by atoms with van der Waals surface area (Å²) in [5.74, 6) is 0. The fourth-order valence-electron chi connectivity index (χ4n) is 3.02. The van der Waals surface area contributed by atoms with Gasteiger partial charge >= 0.3 is 11.7 Å². The maximum absolute atomic E-state index is 12.5. The molecule has 1 heterocycles. The summed E-state index contributed by atoms with van der Waals surface area (Å²) in [5, 5.41) is 9.40. The van der Waals surface area contributed by atoms with Gasteiger partial charge in [0.25, 0.3) is 0 Å². The Morgan fingerprint density at radius 3 is 2.41 bits per heavy atom. The molecule has 2 amide bonds. The number of amides is 2. The van der Waals surface area contributed by atoms with Gasteiger partial charge in [-0.15, -0.1) is 0 Å². The lowest BCUT2D eigenvalue weighted by Gasteiger charge is -2.14. The molecular formula is C21H23N3O3. The molecule has 3 aromatic rings. The molecule has 0 radical (unpaired) electrons. The number of hydrogen-bond acceptors (Lipinski definition) is 4. The summed E-state index contributed by atoms with van der Waals surface area (Å²) >= 11 is 0. The molecule has 140 valence electrons. The van der Waals surface area contributed by atoms with Gasteiger partial charge < -0.3 is 15.1 Å². The third-order valence-electron chi connectivity index (χ3n) is 4.08. The number of anilines is 3. The van der Waals surface area contributed by atoms with Crippen LogP contribution in [0.15, 0.2) is 51.7 Å². The van der Waals surface area contributed by atoms with Crippen molar-refractivity contribution in [3.05, 3.63) is 64.0 Å². The van der Waals surface area contributed by atoms with Crippen LogP contribution in [0.25, 0.3) is 11.0 Å². The van der Waals surface area contributed by atoms with Crippen molar-refractivity contribution in [1.29, 1.82) is 0 Å². The van der Waals surface area contributed by atoms with Crippen molar-refractivity contribution in [3.63, 3.8) is 0 Å². The van der Waals surface area contributed by atoms with Gasteiger partial charge in [0.2, 0.25) is 0 Å². The number of fused-ring (bicyclic) bond motifs is 1. The summed E-state index contributed by atoms with van der Waals surface area (Å²) < 4.78 is 5.36. The quantitative estimate of drug-likeness (QED) is 0.563. The predicted molar refractivity (Wildman–Crippen MR) is 110 cm³/mol. The Kier molecular flexibility index (Phi) is 5.45. The van der Waals surface area contributed by atoms with Gasteiger partial charge in [-0.3, -0.25) is 5.32 Å². The first kappa shape index (κ1) is 18.5. The number of carbonyl (C=O) groups is 1. The number of carbonyl (C=O) groups excluding carboxylic acids is 1. The first-order valence-corrected chi connectivity index (χ1v) is 8.94. The largest absolute Gasteiger partial charge is 0.421 e. The van der Waals surface area contributed by atoms with Crippen molar-refractivity contribution >= 4 is 34.1 Å². The van der Waals surface area contributed by atoms with Crippen LogP contribution in [-0.4, -0.2) is 12.6 Å². The van der Waals surface area contributed by atoms with E-state index in [1.54, 1.807) is 12.1 Å². The van der Waals surface area contributed by atoms with Crippen LogP contribution in [0.2, 0.25) is 0 Å². The van der Waals surface area contributed by atoms with E-state index in [-0.39, 0.29) is 5.69 Å². The topological polar surface area (TPSA) is 83.4 Å². The molecule has 3 N–H and O–H groups in total. The molecule has 0 aliphatic carbocycles. The minimum absolute atomic E-state index is 0.101. The SMILES string of the molecule is CCCNc1c(NC(=O)Nc2cc(C)cc(C)c2)c(=O)oc2ccccc12. The third kappa shape index (κ3) is 4.28. The summed E-state index contributed by atoms with van der Waals surface area (Å²) in [4.78, 5) is 25.0. The van der Waals surface area contributed by atoms with E-state index >= 15 is 0 Å². The van der Waals surface area contributed by atoms with Crippen molar-refractivity contribution < 1.29 is 9.21 Å². The highest BCUT2D eigenvalue weighted by atomic mass is 16.4. The van der Waals surface area contributed by atoms with Gasteiger partial charge in [-0.2, -0.15) is 0 Å². The minimum atomic E-state index is -0.595. The summed E-state index contributed by atoms with van der Waals surface area (Å²) in [6.07, 6.45) is 0.878. The first-order chi connectivity index (χ1) is 13.0. The number of aryl methyl sites for hydroxylation is 2. The lowest BCUT2D eigenvalue weighted by Crippen LogP contribution is -2.24. The molecule has 0 saturated carbocycles. The molecule has 0 spiro atoms. The van der Waals surface area contributed by atoms with Crippen LogP contribution in [0.1, 0.15) is 24.5 Å². The van der Waals surface area contributed by atoms with Gasteiger partial charge in [0, 0.05) is 17.6 Å². The molecule has 0 unspecified atom stereocenters. The fourth-order valence-corrected chi connectivity index (χ4v) is 3.02. The van der Waals surface area contributed by atoms with Gasteiger partial charge in [0.15, 0.2) is 5.69 Å². The molecule has 2 aromatic carbocycles. The summed E-state index contributed by atoms with van der Waals surface area (Å²) in [7, 11) is 0. The van der Waals surface area contributed by atoms with Gasteiger partial charge in [0.05, 0.1) is 5.69 Å². The van der Waals surface area contributed by atoms with E-state index in [2.05, 4.69) is 16.0 Å². The molecule has 0 bridgehead atoms. The zero-order valence-electron chi connectivity index (χ0n) is 15.7. The zero-order chi connectivity index (χ0) is 19.4. The van der Waals surface area contributed by atoms with E-state index < -0.39 is 11.7 Å². The fraction of sp³-hybridized carbons (Fsp3) is 0.238. The van der Waals surface area contributed by atoms with Crippen LogP contribution in [-0.2, 0) is 0 Å². The third-order valence-corrected chi connectivity index (χ3v) is 4.08. The Morgan fingerprint density at radius 1 is 1.00 bits per heavy atom. The predicted octanol–water partition coefficient (Wildman–Crippen LogP) is 4.88. The van der Waals surface area contributed by atoms with Crippen LogP contribution in [0.5, 0.6) is 0 Å². The smallest absolute Gasteiger partial charge is 0.362 e. The van der Waals surface area contributed by atoms with Crippen molar-refractivity contribution in [2.45, 2.75) is 27.2 Å². The van der Waals surface area contributed by atoms with E-state index in [9.17, 15) is 9.59 Å². The van der Waals surface area contributed by atoms with E-state index in [0.717, 1.165) is 22.9 Å². The number of benzene rings is 2. The normalized spacial score (nSPS) is 10.6. The average molecular weight is 365 g/mol. The van der Waals surface area contributed by atoms with Gasteiger partial charge in [0.1, 0.15) is 5.58 Å². The summed E-state index contributed by atoms with van der Waals surface area (Å²) in [6, 6.07) is 12.5. The Hall–Kier alpha value is -3.28. The molecule has 6 heteroatoms. The number of nitrogens with one attached hydrogen (secondary N) is 3. The Labute approximate surface area is 157 Å². The molecule has 0 fully saturated rings. The molecule has 0 aliphatic heterocycles. The van der Waals surface area contributed by atoms with E-state index in [1.165, 1.54) is 0 Å². The van der Waals surface area contributed by atoms with Crippen molar-refractivity contribution in [3.8, 4) is 0 Å². The molecule has 0 atom stereocenters. The Morgan fingerprint density at radius 2 is 1.70 bits per heavy atom. The maximum atomic E-state index is 12.5. The lowest BCUT2D eigenvalue weighted by atomic mass is 10.1.